The first kappa shape index (κ1) is 18.2. The summed E-state index contributed by atoms with van der Waals surface area (Å²) in [5, 5.41) is 5.92. The number of aromatic nitrogens is 2. The molecule has 1 aromatic heterocycles. The van der Waals surface area contributed by atoms with Crippen molar-refractivity contribution in [2.24, 2.45) is 14.1 Å². The van der Waals surface area contributed by atoms with E-state index >= 15 is 0 Å². The van der Waals surface area contributed by atoms with Crippen molar-refractivity contribution in [2.75, 3.05) is 5.32 Å². The van der Waals surface area contributed by atoms with Gasteiger partial charge in [0.25, 0.3) is 0 Å². The van der Waals surface area contributed by atoms with E-state index < -0.39 is 0 Å². The topological polar surface area (TPSA) is 77.3 Å². The molecule has 1 saturated carbocycles. The lowest BCUT2D eigenvalue weighted by molar-refractivity contribution is 0.248. The molecule has 1 aliphatic rings. The molecule has 1 aliphatic carbocycles. The summed E-state index contributed by atoms with van der Waals surface area (Å²) in [6, 6.07) is 12.9. The molecule has 1 heterocycles. The largest absolute Gasteiger partial charge is 0.455 e. The minimum Gasteiger partial charge on any atom is -0.455 e. The highest BCUT2D eigenvalue weighted by molar-refractivity contribution is 5.95. The van der Waals surface area contributed by atoms with Crippen LogP contribution in [0.3, 0.4) is 0 Å². The number of nitrogens with zero attached hydrogens (tertiary/aromatic N) is 2. The molecule has 2 amide bonds. The number of hydrogen-bond donors (Lipinski definition) is 2. The van der Waals surface area contributed by atoms with Gasteiger partial charge < -0.3 is 15.4 Å². The predicted molar refractivity (Wildman–Crippen MR) is 109 cm³/mol. The Kier molecular flexibility index (Phi) is 4.81. The van der Waals surface area contributed by atoms with Crippen LogP contribution in [0, 0.1) is 0 Å². The van der Waals surface area contributed by atoms with E-state index in [2.05, 4.69) is 10.6 Å². The van der Waals surface area contributed by atoms with Crippen LogP contribution in [0.15, 0.2) is 47.3 Å². The van der Waals surface area contributed by atoms with E-state index in [1.165, 1.54) is 0 Å². The number of para-hydroxylation sites is 1. The number of hydrogen-bond acceptors (Lipinski definition) is 3. The Morgan fingerprint density at radius 3 is 2.36 bits per heavy atom. The number of imidazole rings is 1. The average molecular weight is 380 g/mol. The van der Waals surface area contributed by atoms with Gasteiger partial charge in [-0.15, -0.1) is 0 Å². The molecule has 3 aromatic rings. The Morgan fingerprint density at radius 1 is 1.04 bits per heavy atom. The van der Waals surface area contributed by atoms with Gasteiger partial charge in [0.2, 0.25) is 0 Å². The number of amides is 2. The second-order valence-electron chi connectivity index (χ2n) is 7.23. The lowest BCUT2D eigenvalue weighted by atomic mass is 10.2. The molecule has 2 aromatic carbocycles. The average Bonchev–Trinajstić information content (AvgIpc) is 3.27. The van der Waals surface area contributed by atoms with Crippen LogP contribution in [-0.2, 0) is 14.1 Å². The van der Waals surface area contributed by atoms with Gasteiger partial charge in [0.1, 0.15) is 5.75 Å². The highest BCUT2D eigenvalue weighted by atomic mass is 16.5. The van der Waals surface area contributed by atoms with Gasteiger partial charge in [0.05, 0.1) is 16.7 Å². The van der Waals surface area contributed by atoms with Crippen molar-refractivity contribution in [3.05, 3.63) is 52.9 Å². The number of fused-ring (bicyclic) bond motifs is 1. The maximum absolute atomic E-state index is 12.5. The van der Waals surface area contributed by atoms with Crippen molar-refractivity contribution in [1.82, 2.24) is 14.5 Å². The first-order valence-corrected chi connectivity index (χ1v) is 9.53. The van der Waals surface area contributed by atoms with Crippen LogP contribution in [0.4, 0.5) is 10.5 Å². The molecule has 0 spiro atoms. The smallest absolute Gasteiger partial charge is 0.328 e. The maximum Gasteiger partial charge on any atom is 0.328 e. The van der Waals surface area contributed by atoms with Crippen LogP contribution < -0.4 is 21.1 Å². The summed E-state index contributed by atoms with van der Waals surface area (Å²) >= 11 is 0. The van der Waals surface area contributed by atoms with Gasteiger partial charge in [-0.2, -0.15) is 0 Å². The van der Waals surface area contributed by atoms with E-state index in [0.29, 0.717) is 17.2 Å². The van der Waals surface area contributed by atoms with E-state index in [9.17, 15) is 9.59 Å². The Bertz CT molecular complexity index is 1060. The van der Waals surface area contributed by atoms with Crippen molar-refractivity contribution in [3.8, 4) is 11.5 Å². The SMILES string of the molecule is Cn1c(=O)n(C)c2cc(Oc3ccccc3)c(NC(=O)NC3CCCC3)cc21. The number of nitrogens with one attached hydrogen (secondary N) is 2. The van der Waals surface area contributed by atoms with Crippen molar-refractivity contribution in [1.29, 1.82) is 0 Å². The molecule has 7 heteroatoms. The second-order valence-corrected chi connectivity index (χ2v) is 7.23. The Morgan fingerprint density at radius 2 is 1.68 bits per heavy atom. The molecule has 2 N–H and O–H groups in total. The molecule has 28 heavy (non-hydrogen) atoms. The van der Waals surface area contributed by atoms with Crippen LogP contribution in [-0.4, -0.2) is 21.2 Å². The van der Waals surface area contributed by atoms with Crippen LogP contribution in [0.2, 0.25) is 0 Å². The van der Waals surface area contributed by atoms with Crippen molar-refractivity contribution in [3.63, 3.8) is 0 Å². The van der Waals surface area contributed by atoms with E-state index in [-0.39, 0.29) is 17.8 Å². The molecular weight excluding hydrogens is 356 g/mol. The van der Waals surface area contributed by atoms with Crippen LogP contribution >= 0.6 is 0 Å². The Labute approximate surface area is 162 Å². The molecular formula is C21H24N4O3. The van der Waals surface area contributed by atoms with Crippen molar-refractivity contribution >= 4 is 22.8 Å². The van der Waals surface area contributed by atoms with E-state index in [0.717, 1.165) is 36.7 Å². The number of anilines is 1. The molecule has 1 fully saturated rings. The molecule has 0 radical (unpaired) electrons. The van der Waals surface area contributed by atoms with Crippen molar-refractivity contribution in [2.45, 2.75) is 31.7 Å². The fraction of sp³-hybridized carbons (Fsp3) is 0.333. The molecule has 7 nitrogen and oxygen atoms in total. The molecule has 0 unspecified atom stereocenters. The summed E-state index contributed by atoms with van der Waals surface area (Å²) < 4.78 is 9.15. The molecule has 4 rings (SSSR count). The standard InChI is InChI=1S/C21H24N4O3/c1-24-17-12-16(23-20(26)22-14-8-6-7-9-14)19(13-18(17)25(2)21(24)27)28-15-10-4-3-5-11-15/h3-5,10-14H,6-9H2,1-2H3,(H2,22,23,26). The van der Waals surface area contributed by atoms with Crippen LogP contribution in [0.1, 0.15) is 25.7 Å². The summed E-state index contributed by atoms with van der Waals surface area (Å²) in [7, 11) is 3.43. The predicted octanol–water partition coefficient (Wildman–Crippen LogP) is 3.73. The molecule has 0 bridgehead atoms. The number of carbonyl (C=O) groups excluding carboxylic acids is 1. The zero-order chi connectivity index (χ0) is 19.7. The number of carbonyl (C=O) groups is 1. The summed E-state index contributed by atoms with van der Waals surface area (Å²) in [5.74, 6) is 1.14. The molecule has 0 atom stereocenters. The van der Waals surface area contributed by atoms with Gasteiger partial charge in [-0.1, -0.05) is 31.0 Å². The van der Waals surface area contributed by atoms with Crippen LogP contribution in [0.5, 0.6) is 11.5 Å². The van der Waals surface area contributed by atoms with Crippen LogP contribution in [0.25, 0.3) is 11.0 Å². The molecule has 0 saturated heterocycles. The third-order valence-corrected chi connectivity index (χ3v) is 5.28. The Balaban J connectivity index is 1.71. The Hall–Kier alpha value is -3.22. The summed E-state index contributed by atoms with van der Waals surface area (Å²) in [6.07, 6.45) is 4.30. The zero-order valence-corrected chi connectivity index (χ0v) is 16.1. The van der Waals surface area contributed by atoms with E-state index in [1.807, 2.05) is 30.3 Å². The first-order chi connectivity index (χ1) is 13.5. The highest BCUT2D eigenvalue weighted by Crippen LogP contribution is 2.33. The van der Waals surface area contributed by atoms with Gasteiger partial charge in [-0.25, -0.2) is 9.59 Å². The number of benzene rings is 2. The maximum atomic E-state index is 12.5. The minimum atomic E-state index is -0.259. The molecule has 0 aliphatic heterocycles. The molecule has 146 valence electrons. The van der Waals surface area contributed by atoms with E-state index in [1.54, 1.807) is 35.4 Å². The highest BCUT2D eigenvalue weighted by Gasteiger charge is 2.19. The van der Waals surface area contributed by atoms with E-state index in [4.69, 9.17) is 4.74 Å². The van der Waals surface area contributed by atoms with Crippen molar-refractivity contribution < 1.29 is 9.53 Å². The quantitative estimate of drug-likeness (QED) is 0.724. The number of ether oxygens (including phenoxy) is 1. The fourth-order valence-corrected chi connectivity index (χ4v) is 3.74. The third kappa shape index (κ3) is 3.47. The van der Waals surface area contributed by atoms with Gasteiger partial charge in [0, 0.05) is 26.2 Å². The number of rotatable bonds is 4. The van der Waals surface area contributed by atoms with Gasteiger partial charge in [-0.05, 0) is 31.0 Å². The summed E-state index contributed by atoms with van der Waals surface area (Å²) in [6.45, 7) is 0. The lowest BCUT2D eigenvalue weighted by Gasteiger charge is -2.16. The number of aryl methyl sites for hydroxylation is 2. The summed E-state index contributed by atoms with van der Waals surface area (Å²) in [4.78, 5) is 24.8. The number of urea groups is 1. The summed E-state index contributed by atoms with van der Waals surface area (Å²) in [5.41, 5.74) is 1.85. The fourth-order valence-electron chi connectivity index (χ4n) is 3.74. The van der Waals surface area contributed by atoms with Gasteiger partial charge in [0.15, 0.2) is 5.75 Å². The first-order valence-electron chi connectivity index (χ1n) is 9.53. The second kappa shape index (κ2) is 7.42. The third-order valence-electron chi connectivity index (χ3n) is 5.28. The zero-order valence-electron chi connectivity index (χ0n) is 16.1. The van der Waals surface area contributed by atoms with Gasteiger partial charge >= 0.3 is 11.7 Å². The minimum absolute atomic E-state index is 0.131. The van der Waals surface area contributed by atoms with Gasteiger partial charge in [-0.3, -0.25) is 9.13 Å². The monoisotopic (exact) mass is 380 g/mol. The lowest BCUT2D eigenvalue weighted by Crippen LogP contribution is -2.36. The normalized spacial score (nSPS) is 14.4.